The van der Waals surface area contributed by atoms with Gasteiger partial charge in [0, 0.05) is 12.1 Å². The molecular formula is C16H21N3O2. The van der Waals surface area contributed by atoms with E-state index in [0.717, 1.165) is 25.7 Å². The molecule has 2 aromatic rings. The number of hydrogen-bond acceptors (Lipinski definition) is 4. The van der Waals surface area contributed by atoms with Gasteiger partial charge in [-0.25, -0.2) is 0 Å². The third-order valence-electron chi connectivity index (χ3n) is 3.25. The van der Waals surface area contributed by atoms with Gasteiger partial charge in [-0.3, -0.25) is 9.69 Å². The number of hydrogen-bond donors (Lipinski definition) is 0. The van der Waals surface area contributed by atoms with E-state index in [9.17, 15) is 4.79 Å². The summed E-state index contributed by atoms with van der Waals surface area (Å²) in [5.41, 5.74) is 0.629. The Hall–Kier alpha value is -2.17. The van der Waals surface area contributed by atoms with Crippen LogP contribution in [0.1, 0.15) is 48.8 Å². The van der Waals surface area contributed by atoms with Gasteiger partial charge in [-0.05, 0) is 25.5 Å². The second-order valence-electron chi connectivity index (χ2n) is 5.01. The second kappa shape index (κ2) is 7.57. The molecule has 1 heterocycles. The van der Waals surface area contributed by atoms with E-state index >= 15 is 0 Å². The number of benzene rings is 1. The Kier molecular flexibility index (Phi) is 5.49. The number of carbonyl (C=O) groups is 1. The fourth-order valence-corrected chi connectivity index (χ4v) is 2.11. The minimum absolute atomic E-state index is 0.101. The Morgan fingerprint density at radius 1 is 1.19 bits per heavy atom. The highest BCUT2D eigenvalue weighted by Gasteiger charge is 2.22. The third-order valence-corrected chi connectivity index (χ3v) is 3.25. The Labute approximate surface area is 125 Å². The summed E-state index contributed by atoms with van der Waals surface area (Å²) in [4.78, 5) is 18.4. The first-order valence-corrected chi connectivity index (χ1v) is 7.39. The summed E-state index contributed by atoms with van der Waals surface area (Å²) in [7, 11) is 0. The maximum absolute atomic E-state index is 12.6. The second-order valence-corrected chi connectivity index (χ2v) is 5.01. The highest BCUT2D eigenvalue weighted by atomic mass is 16.5. The van der Waals surface area contributed by atoms with E-state index in [4.69, 9.17) is 4.52 Å². The lowest BCUT2D eigenvalue weighted by Crippen LogP contribution is -2.32. The molecule has 0 aliphatic rings. The molecule has 0 spiro atoms. The maximum atomic E-state index is 12.6. The summed E-state index contributed by atoms with van der Waals surface area (Å²) in [6.45, 7) is 4.50. The zero-order valence-corrected chi connectivity index (χ0v) is 12.6. The zero-order chi connectivity index (χ0) is 15.1. The van der Waals surface area contributed by atoms with Crippen molar-refractivity contribution in [3.63, 3.8) is 0 Å². The van der Waals surface area contributed by atoms with Crippen molar-refractivity contribution in [2.45, 2.75) is 39.5 Å². The van der Waals surface area contributed by atoms with Crippen LogP contribution in [0.25, 0.3) is 0 Å². The molecule has 2 rings (SSSR count). The SMILES string of the molecule is CCCCCCN(C(=O)c1ccccc1)c1nc(C)no1. The van der Waals surface area contributed by atoms with E-state index < -0.39 is 0 Å². The van der Waals surface area contributed by atoms with Crippen LogP contribution in [-0.2, 0) is 0 Å². The molecule has 1 aromatic carbocycles. The largest absolute Gasteiger partial charge is 0.331 e. The molecule has 1 aromatic heterocycles. The molecule has 0 radical (unpaired) electrons. The lowest BCUT2D eigenvalue weighted by molar-refractivity contribution is 0.0979. The van der Waals surface area contributed by atoms with Crippen LogP contribution in [0.3, 0.4) is 0 Å². The summed E-state index contributed by atoms with van der Waals surface area (Å²) in [5.74, 6) is 0.431. The first-order chi connectivity index (χ1) is 10.2. The quantitative estimate of drug-likeness (QED) is 0.730. The van der Waals surface area contributed by atoms with Gasteiger partial charge in [-0.1, -0.05) is 49.5 Å². The Morgan fingerprint density at radius 3 is 2.57 bits per heavy atom. The minimum Gasteiger partial charge on any atom is -0.315 e. The number of carbonyl (C=O) groups excluding carboxylic acids is 1. The van der Waals surface area contributed by atoms with Gasteiger partial charge in [-0.2, -0.15) is 4.98 Å². The van der Waals surface area contributed by atoms with E-state index in [2.05, 4.69) is 17.1 Å². The normalized spacial score (nSPS) is 10.6. The number of aromatic nitrogens is 2. The summed E-state index contributed by atoms with van der Waals surface area (Å²) in [5, 5.41) is 3.78. The first kappa shape index (κ1) is 15.2. The van der Waals surface area contributed by atoms with Gasteiger partial charge in [0.2, 0.25) is 0 Å². The van der Waals surface area contributed by atoms with E-state index in [1.807, 2.05) is 18.2 Å². The predicted octanol–water partition coefficient (Wildman–Crippen LogP) is 3.61. The van der Waals surface area contributed by atoms with Crippen LogP contribution in [0.4, 0.5) is 6.01 Å². The molecule has 21 heavy (non-hydrogen) atoms. The van der Waals surface area contributed by atoms with Gasteiger partial charge in [0.05, 0.1) is 0 Å². The molecule has 0 aliphatic heterocycles. The molecule has 0 N–H and O–H groups in total. The van der Waals surface area contributed by atoms with Crippen molar-refractivity contribution in [1.29, 1.82) is 0 Å². The fraction of sp³-hybridized carbons (Fsp3) is 0.438. The zero-order valence-electron chi connectivity index (χ0n) is 12.6. The van der Waals surface area contributed by atoms with E-state index in [0.29, 0.717) is 17.9 Å². The molecule has 0 atom stereocenters. The summed E-state index contributed by atoms with van der Waals surface area (Å²) in [6.07, 6.45) is 4.33. The molecule has 5 nitrogen and oxygen atoms in total. The van der Waals surface area contributed by atoms with Crippen molar-refractivity contribution in [1.82, 2.24) is 10.1 Å². The van der Waals surface area contributed by atoms with E-state index in [-0.39, 0.29) is 11.9 Å². The Balaban J connectivity index is 2.13. The van der Waals surface area contributed by atoms with Gasteiger partial charge in [0.1, 0.15) is 0 Å². The van der Waals surface area contributed by atoms with Crippen molar-refractivity contribution < 1.29 is 9.32 Å². The van der Waals surface area contributed by atoms with Crippen molar-refractivity contribution in [3.05, 3.63) is 41.7 Å². The number of nitrogens with zero attached hydrogens (tertiary/aromatic N) is 3. The molecule has 5 heteroatoms. The van der Waals surface area contributed by atoms with E-state index in [1.165, 1.54) is 0 Å². The van der Waals surface area contributed by atoms with Crippen LogP contribution >= 0.6 is 0 Å². The van der Waals surface area contributed by atoms with Crippen LogP contribution in [0, 0.1) is 6.92 Å². The monoisotopic (exact) mass is 287 g/mol. The van der Waals surface area contributed by atoms with Crippen LogP contribution < -0.4 is 4.90 Å². The topological polar surface area (TPSA) is 59.2 Å². The van der Waals surface area contributed by atoms with Crippen molar-refractivity contribution >= 4 is 11.9 Å². The van der Waals surface area contributed by atoms with Crippen molar-refractivity contribution in [2.24, 2.45) is 0 Å². The molecule has 1 amide bonds. The average Bonchev–Trinajstić information content (AvgIpc) is 2.94. The number of aryl methyl sites for hydroxylation is 1. The summed E-state index contributed by atoms with van der Waals surface area (Å²) >= 11 is 0. The molecule has 0 fully saturated rings. The van der Waals surface area contributed by atoms with Crippen molar-refractivity contribution in [2.75, 3.05) is 11.4 Å². The number of unbranched alkanes of at least 4 members (excludes halogenated alkanes) is 3. The molecule has 0 saturated heterocycles. The van der Waals surface area contributed by atoms with Gasteiger partial charge in [0.15, 0.2) is 5.82 Å². The van der Waals surface area contributed by atoms with Crippen LogP contribution in [0.5, 0.6) is 0 Å². The standard InChI is InChI=1S/C16H21N3O2/c1-3-4-5-9-12-19(16-17-13(2)18-21-16)15(20)14-10-7-6-8-11-14/h6-8,10-11H,3-5,9,12H2,1-2H3. The fourth-order valence-electron chi connectivity index (χ4n) is 2.11. The molecule has 0 bridgehead atoms. The van der Waals surface area contributed by atoms with Gasteiger partial charge < -0.3 is 4.52 Å². The van der Waals surface area contributed by atoms with Gasteiger partial charge in [0.25, 0.3) is 5.91 Å². The van der Waals surface area contributed by atoms with Crippen LogP contribution in [0.15, 0.2) is 34.9 Å². The van der Waals surface area contributed by atoms with Gasteiger partial charge in [-0.15, -0.1) is 0 Å². The summed E-state index contributed by atoms with van der Waals surface area (Å²) < 4.78 is 5.17. The summed E-state index contributed by atoms with van der Waals surface area (Å²) in [6, 6.07) is 9.45. The Bertz CT molecular complexity index is 566. The third kappa shape index (κ3) is 4.15. The predicted molar refractivity (Wildman–Crippen MR) is 81.3 cm³/mol. The molecule has 0 aliphatic carbocycles. The Morgan fingerprint density at radius 2 is 1.95 bits per heavy atom. The number of rotatable bonds is 7. The molecule has 0 saturated carbocycles. The molecule has 112 valence electrons. The lowest BCUT2D eigenvalue weighted by Gasteiger charge is -2.18. The molecular weight excluding hydrogens is 266 g/mol. The van der Waals surface area contributed by atoms with Crippen LogP contribution in [-0.4, -0.2) is 22.6 Å². The number of amides is 1. The maximum Gasteiger partial charge on any atom is 0.331 e. The minimum atomic E-state index is -0.101. The highest BCUT2D eigenvalue weighted by molar-refractivity contribution is 6.04. The average molecular weight is 287 g/mol. The lowest BCUT2D eigenvalue weighted by atomic mass is 10.1. The van der Waals surface area contributed by atoms with Crippen molar-refractivity contribution in [3.8, 4) is 0 Å². The smallest absolute Gasteiger partial charge is 0.315 e. The van der Waals surface area contributed by atoms with Gasteiger partial charge >= 0.3 is 6.01 Å². The van der Waals surface area contributed by atoms with E-state index in [1.54, 1.807) is 24.0 Å². The first-order valence-electron chi connectivity index (χ1n) is 7.39. The molecule has 0 unspecified atom stereocenters. The highest BCUT2D eigenvalue weighted by Crippen LogP contribution is 2.16. The van der Waals surface area contributed by atoms with Crippen LogP contribution in [0.2, 0.25) is 0 Å². The number of anilines is 1.